The van der Waals surface area contributed by atoms with Gasteiger partial charge in [-0.1, -0.05) is 18.6 Å². The molecule has 4 nitrogen and oxygen atoms in total. The maximum Gasteiger partial charge on any atom is 0.426 e. The number of piperidine rings is 1. The standard InChI is InChI=1S/C12H15IN2O2/c13-10-6-2-3-7-11(10)15(12(16)17)14-8-4-1-5-9-14/h2-3,6-7H,1,4-5,8-9H2,(H,16,17). The summed E-state index contributed by atoms with van der Waals surface area (Å²) in [5.41, 5.74) is 0.752. The summed E-state index contributed by atoms with van der Waals surface area (Å²) in [6.07, 6.45) is 2.41. The minimum Gasteiger partial charge on any atom is -0.464 e. The second kappa shape index (κ2) is 5.68. The van der Waals surface area contributed by atoms with Gasteiger partial charge in [0.1, 0.15) is 0 Å². The van der Waals surface area contributed by atoms with E-state index in [-0.39, 0.29) is 0 Å². The van der Waals surface area contributed by atoms with Crippen LogP contribution in [0, 0.1) is 3.57 Å². The lowest BCUT2D eigenvalue weighted by atomic mass is 10.1. The zero-order valence-electron chi connectivity index (χ0n) is 9.47. The van der Waals surface area contributed by atoms with Crippen molar-refractivity contribution in [3.63, 3.8) is 0 Å². The average Bonchev–Trinajstić information content (AvgIpc) is 2.33. The van der Waals surface area contributed by atoms with Gasteiger partial charge >= 0.3 is 6.09 Å². The van der Waals surface area contributed by atoms with E-state index in [1.165, 1.54) is 11.4 Å². The highest BCUT2D eigenvalue weighted by atomic mass is 127. The van der Waals surface area contributed by atoms with Crippen LogP contribution in [0.4, 0.5) is 10.5 Å². The molecule has 1 fully saturated rings. The van der Waals surface area contributed by atoms with Crippen LogP contribution >= 0.6 is 22.6 Å². The highest BCUT2D eigenvalue weighted by Crippen LogP contribution is 2.25. The number of carboxylic acid groups (broad SMARTS) is 1. The molecule has 2 rings (SSSR count). The Labute approximate surface area is 114 Å². The fourth-order valence-electron chi connectivity index (χ4n) is 2.08. The number of hydrogen-bond donors (Lipinski definition) is 1. The molecule has 0 radical (unpaired) electrons. The quantitative estimate of drug-likeness (QED) is 0.837. The van der Waals surface area contributed by atoms with Gasteiger partial charge in [0, 0.05) is 16.7 Å². The van der Waals surface area contributed by atoms with E-state index < -0.39 is 6.09 Å². The first-order valence-corrected chi connectivity index (χ1v) is 6.80. The number of halogens is 1. The number of rotatable bonds is 2. The zero-order valence-corrected chi connectivity index (χ0v) is 11.6. The number of hydrazine groups is 1. The SMILES string of the molecule is O=C(O)N(c1ccccc1I)N1CCCCC1. The second-order valence-electron chi connectivity index (χ2n) is 4.06. The number of benzene rings is 1. The van der Waals surface area contributed by atoms with Crippen LogP contribution in [0.5, 0.6) is 0 Å². The summed E-state index contributed by atoms with van der Waals surface area (Å²) >= 11 is 2.17. The van der Waals surface area contributed by atoms with Crippen LogP contribution in [-0.2, 0) is 0 Å². The molecule has 1 N–H and O–H groups in total. The predicted molar refractivity (Wildman–Crippen MR) is 75.1 cm³/mol. The van der Waals surface area contributed by atoms with Crippen molar-refractivity contribution in [2.24, 2.45) is 0 Å². The molecule has 1 aliphatic heterocycles. The molecule has 0 saturated carbocycles. The number of carbonyl (C=O) groups is 1. The van der Waals surface area contributed by atoms with Crippen molar-refractivity contribution in [2.45, 2.75) is 19.3 Å². The number of anilines is 1. The number of para-hydroxylation sites is 1. The first-order chi connectivity index (χ1) is 8.20. The molecule has 1 saturated heterocycles. The van der Waals surface area contributed by atoms with Crippen molar-refractivity contribution in [1.82, 2.24) is 5.01 Å². The number of amides is 1. The lowest BCUT2D eigenvalue weighted by molar-refractivity contribution is 0.157. The lowest BCUT2D eigenvalue weighted by Crippen LogP contribution is -2.49. The molecular formula is C12H15IN2O2. The van der Waals surface area contributed by atoms with Gasteiger partial charge < -0.3 is 5.11 Å². The molecule has 1 aromatic rings. The smallest absolute Gasteiger partial charge is 0.426 e. The van der Waals surface area contributed by atoms with Crippen molar-refractivity contribution in [2.75, 3.05) is 18.1 Å². The van der Waals surface area contributed by atoms with Gasteiger partial charge in [-0.3, -0.25) is 0 Å². The molecular weight excluding hydrogens is 331 g/mol. The van der Waals surface area contributed by atoms with Crippen molar-refractivity contribution in [3.8, 4) is 0 Å². The Hall–Kier alpha value is -0.820. The molecule has 1 aromatic carbocycles. The second-order valence-corrected chi connectivity index (χ2v) is 5.22. The predicted octanol–water partition coefficient (Wildman–Crippen LogP) is 3.18. The molecule has 92 valence electrons. The summed E-state index contributed by atoms with van der Waals surface area (Å²) in [5, 5.41) is 12.7. The Morgan fingerprint density at radius 3 is 2.47 bits per heavy atom. The van der Waals surface area contributed by atoms with Gasteiger partial charge in [0.25, 0.3) is 0 Å². The van der Waals surface area contributed by atoms with Gasteiger partial charge in [0.15, 0.2) is 0 Å². The van der Waals surface area contributed by atoms with Gasteiger partial charge in [-0.15, -0.1) is 0 Å². The summed E-state index contributed by atoms with van der Waals surface area (Å²) in [7, 11) is 0. The van der Waals surface area contributed by atoms with Crippen LogP contribution < -0.4 is 5.01 Å². The fourth-order valence-corrected chi connectivity index (χ4v) is 2.69. The van der Waals surface area contributed by atoms with E-state index in [0.29, 0.717) is 0 Å². The Kier molecular flexibility index (Phi) is 4.22. The Bertz CT molecular complexity index is 405. The Morgan fingerprint density at radius 2 is 1.88 bits per heavy atom. The van der Waals surface area contributed by atoms with Crippen molar-refractivity contribution >= 4 is 34.4 Å². The van der Waals surface area contributed by atoms with Gasteiger partial charge in [0.05, 0.1) is 5.69 Å². The largest absolute Gasteiger partial charge is 0.464 e. The van der Waals surface area contributed by atoms with Crippen LogP contribution in [0.3, 0.4) is 0 Å². The molecule has 0 spiro atoms. The Morgan fingerprint density at radius 1 is 1.24 bits per heavy atom. The van der Waals surface area contributed by atoms with Crippen LogP contribution in [-0.4, -0.2) is 29.3 Å². The molecule has 0 unspecified atom stereocenters. The molecule has 17 heavy (non-hydrogen) atoms. The van der Waals surface area contributed by atoms with Crippen molar-refractivity contribution < 1.29 is 9.90 Å². The molecule has 5 heteroatoms. The molecule has 1 amide bonds. The third kappa shape index (κ3) is 2.90. The summed E-state index contributed by atoms with van der Waals surface area (Å²) < 4.78 is 0.957. The topological polar surface area (TPSA) is 43.8 Å². The van der Waals surface area contributed by atoms with Crippen LogP contribution in [0.15, 0.2) is 24.3 Å². The molecule has 1 aliphatic rings. The van der Waals surface area contributed by atoms with Gasteiger partial charge in [-0.05, 0) is 47.6 Å². The highest BCUT2D eigenvalue weighted by molar-refractivity contribution is 14.1. The normalized spacial score (nSPS) is 16.8. The molecule has 0 aliphatic carbocycles. The van der Waals surface area contributed by atoms with Crippen LogP contribution in [0.1, 0.15) is 19.3 Å². The van der Waals surface area contributed by atoms with Crippen molar-refractivity contribution in [1.29, 1.82) is 0 Å². The summed E-state index contributed by atoms with van der Waals surface area (Å²) in [4.78, 5) is 11.4. The summed E-state index contributed by atoms with van der Waals surface area (Å²) in [5.74, 6) is 0. The lowest BCUT2D eigenvalue weighted by Gasteiger charge is -2.35. The van der Waals surface area contributed by atoms with E-state index in [2.05, 4.69) is 22.6 Å². The number of hydrogen-bond acceptors (Lipinski definition) is 2. The fraction of sp³-hybridized carbons (Fsp3) is 0.417. The van der Waals surface area contributed by atoms with E-state index >= 15 is 0 Å². The first-order valence-electron chi connectivity index (χ1n) is 5.72. The maximum absolute atomic E-state index is 11.4. The third-order valence-electron chi connectivity index (χ3n) is 2.88. The van der Waals surface area contributed by atoms with E-state index in [0.717, 1.165) is 35.2 Å². The first kappa shape index (κ1) is 12.6. The zero-order chi connectivity index (χ0) is 12.3. The average molecular weight is 346 g/mol. The molecule has 0 bridgehead atoms. The van der Waals surface area contributed by atoms with Gasteiger partial charge in [-0.25, -0.2) is 14.8 Å². The minimum atomic E-state index is -0.906. The van der Waals surface area contributed by atoms with E-state index in [1.807, 2.05) is 29.3 Å². The summed E-state index contributed by atoms with van der Waals surface area (Å²) in [6, 6.07) is 7.57. The monoisotopic (exact) mass is 346 g/mol. The third-order valence-corrected chi connectivity index (χ3v) is 3.79. The van der Waals surface area contributed by atoms with E-state index in [9.17, 15) is 9.90 Å². The maximum atomic E-state index is 11.4. The van der Waals surface area contributed by atoms with E-state index in [4.69, 9.17) is 0 Å². The molecule has 0 atom stereocenters. The van der Waals surface area contributed by atoms with Crippen molar-refractivity contribution in [3.05, 3.63) is 27.8 Å². The van der Waals surface area contributed by atoms with Gasteiger partial charge in [0.2, 0.25) is 0 Å². The summed E-state index contributed by atoms with van der Waals surface area (Å²) in [6.45, 7) is 1.63. The number of nitrogens with zero attached hydrogens (tertiary/aromatic N) is 2. The minimum absolute atomic E-state index is 0.752. The van der Waals surface area contributed by atoms with E-state index in [1.54, 1.807) is 0 Å². The van der Waals surface area contributed by atoms with Gasteiger partial charge in [-0.2, -0.15) is 0 Å². The Balaban J connectivity index is 2.28. The highest BCUT2D eigenvalue weighted by Gasteiger charge is 2.25. The van der Waals surface area contributed by atoms with Crippen LogP contribution in [0.2, 0.25) is 0 Å². The van der Waals surface area contributed by atoms with Crippen LogP contribution in [0.25, 0.3) is 0 Å². The molecule has 1 heterocycles. The molecule has 0 aromatic heterocycles.